The van der Waals surface area contributed by atoms with E-state index in [0.29, 0.717) is 25.5 Å². The molecule has 0 unspecified atom stereocenters. The Kier molecular flexibility index (Phi) is 3.03. The van der Waals surface area contributed by atoms with Crippen LogP contribution >= 0.6 is 0 Å². The number of hydroxylamine groups is 1. The fourth-order valence-electron chi connectivity index (χ4n) is 1.45. The molecule has 1 aromatic rings. The van der Waals surface area contributed by atoms with Crippen molar-refractivity contribution in [1.29, 1.82) is 0 Å². The third-order valence-electron chi connectivity index (χ3n) is 2.13. The number of halogens is 1. The molecule has 0 amide bonds. The Morgan fingerprint density at radius 1 is 1.33 bits per heavy atom. The Hall–Kier alpha value is -1.33. The summed E-state index contributed by atoms with van der Waals surface area (Å²) < 4.78 is 23.9. The van der Waals surface area contributed by atoms with Gasteiger partial charge >= 0.3 is 0 Å². The number of fused-ring (bicyclic) bond motifs is 1. The molecule has 0 bridgehead atoms. The lowest BCUT2D eigenvalue weighted by atomic mass is 10.1. The molecular formula is C10H12FNO3. The molecule has 2 rings (SSSR count). The molecule has 1 heterocycles. The smallest absolute Gasteiger partial charge is 0.197 e. The van der Waals surface area contributed by atoms with Crippen LogP contribution in [0.4, 0.5) is 4.39 Å². The van der Waals surface area contributed by atoms with Gasteiger partial charge in [0.1, 0.15) is 13.2 Å². The molecule has 1 aromatic carbocycles. The third-order valence-corrected chi connectivity index (χ3v) is 2.13. The first kappa shape index (κ1) is 10.2. The first-order valence-electron chi connectivity index (χ1n) is 4.65. The van der Waals surface area contributed by atoms with E-state index in [2.05, 4.69) is 5.48 Å². The minimum atomic E-state index is -0.397. The molecule has 15 heavy (non-hydrogen) atoms. The molecule has 0 aromatic heterocycles. The molecule has 0 saturated heterocycles. The average molecular weight is 213 g/mol. The number of rotatable bonds is 3. The zero-order chi connectivity index (χ0) is 10.7. The Balaban J connectivity index is 2.30. The van der Waals surface area contributed by atoms with Crippen LogP contribution in [0, 0.1) is 5.82 Å². The highest BCUT2D eigenvalue weighted by Crippen LogP contribution is 2.36. The lowest BCUT2D eigenvalue weighted by molar-refractivity contribution is 0.0847. The lowest BCUT2D eigenvalue weighted by Crippen LogP contribution is -2.19. The maximum atomic E-state index is 13.3. The zero-order valence-electron chi connectivity index (χ0n) is 8.38. The van der Waals surface area contributed by atoms with E-state index in [0.717, 1.165) is 5.56 Å². The van der Waals surface area contributed by atoms with Gasteiger partial charge in [-0.3, -0.25) is 0 Å². The maximum Gasteiger partial charge on any atom is 0.197 e. The van der Waals surface area contributed by atoms with Crippen molar-refractivity contribution in [2.75, 3.05) is 20.3 Å². The molecule has 0 aliphatic carbocycles. The van der Waals surface area contributed by atoms with Gasteiger partial charge in [0.05, 0.1) is 7.11 Å². The first-order chi connectivity index (χ1) is 7.33. The van der Waals surface area contributed by atoms with Crippen LogP contribution in [0.1, 0.15) is 5.56 Å². The van der Waals surface area contributed by atoms with Crippen LogP contribution in [0.2, 0.25) is 0 Å². The van der Waals surface area contributed by atoms with Crippen molar-refractivity contribution in [3.8, 4) is 11.5 Å². The quantitative estimate of drug-likeness (QED) is 0.767. The minimum Gasteiger partial charge on any atom is -0.486 e. The summed E-state index contributed by atoms with van der Waals surface area (Å²) >= 11 is 0. The van der Waals surface area contributed by atoms with Crippen molar-refractivity contribution in [2.45, 2.75) is 6.54 Å². The zero-order valence-corrected chi connectivity index (χ0v) is 8.38. The van der Waals surface area contributed by atoms with E-state index in [9.17, 15) is 4.39 Å². The Labute approximate surface area is 86.9 Å². The van der Waals surface area contributed by atoms with E-state index in [1.807, 2.05) is 0 Å². The summed E-state index contributed by atoms with van der Waals surface area (Å²) in [5.74, 6) is 0.258. The van der Waals surface area contributed by atoms with E-state index in [4.69, 9.17) is 14.3 Å². The highest BCUT2D eigenvalue weighted by atomic mass is 19.1. The van der Waals surface area contributed by atoms with Crippen molar-refractivity contribution in [3.05, 3.63) is 23.5 Å². The van der Waals surface area contributed by atoms with Gasteiger partial charge in [-0.05, 0) is 6.07 Å². The van der Waals surface area contributed by atoms with Crippen molar-refractivity contribution >= 4 is 0 Å². The van der Waals surface area contributed by atoms with Gasteiger partial charge < -0.3 is 14.3 Å². The van der Waals surface area contributed by atoms with Gasteiger partial charge in [-0.2, -0.15) is 5.48 Å². The molecule has 0 radical (unpaired) electrons. The van der Waals surface area contributed by atoms with E-state index >= 15 is 0 Å². The topological polar surface area (TPSA) is 39.7 Å². The number of hydrogen-bond donors (Lipinski definition) is 1. The van der Waals surface area contributed by atoms with Crippen LogP contribution in [0.25, 0.3) is 0 Å². The van der Waals surface area contributed by atoms with Gasteiger partial charge in [0, 0.05) is 12.1 Å². The maximum absolute atomic E-state index is 13.3. The second kappa shape index (κ2) is 4.46. The summed E-state index contributed by atoms with van der Waals surface area (Å²) in [4.78, 5) is 4.73. The van der Waals surface area contributed by atoms with E-state index in [1.165, 1.54) is 13.2 Å². The number of nitrogens with one attached hydrogen (secondary N) is 1. The Bertz CT molecular complexity index is 357. The standard InChI is InChI=1S/C10H12FNO3/c1-13-12-6-7-2-3-8(11)10-9(7)14-4-5-15-10/h2-3,12H,4-6H2,1H3. The van der Waals surface area contributed by atoms with Gasteiger partial charge in [-0.15, -0.1) is 0 Å². The summed E-state index contributed by atoms with van der Waals surface area (Å²) in [6, 6.07) is 3.01. The molecule has 4 nitrogen and oxygen atoms in total. The van der Waals surface area contributed by atoms with Crippen molar-refractivity contribution in [2.24, 2.45) is 0 Å². The Morgan fingerprint density at radius 3 is 2.80 bits per heavy atom. The van der Waals surface area contributed by atoms with Gasteiger partial charge in [-0.1, -0.05) is 6.07 Å². The van der Waals surface area contributed by atoms with Crippen LogP contribution in [0.5, 0.6) is 11.5 Å². The van der Waals surface area contributed by atoms with E-state index in [1.54, 1.807) is 6.07 Å². The molecule has 0 fully saturated rings. The third kappa shape index (κ3) is 2.03. The average Bonchev–Trinajstić information content (AvgIpc) is 2.29. The number of ether oxygens (including phenoxy) is 2. The fraction of sp³-hybridized carbons (Fsp3) is 0.400. The molecule has 0 atom stereocenters. The SMILES string of the molecule is CONCc1ccc(F)c2c1OCCO2. The summed E-state index contributed by atoms with van der Waals surface area (Å²) in [6.07, 6.45) is 0. The Morgan fingerprint density at radius 2 is 2.07 bits per heavy atom. The fourth-order valence-corrected chi connectivity index (χ4v) is 1.45. The molecule has 0 spiro atoms. The van der Waals surface area contributed by atoms with Crippen LogP contribution in [-0.4, -0.2) is 20.3 Å². The number of benzene rings is 1. The van der Waals surface area contributed by atoms with Crippen molar-refractivity contribution < 1.29 is 18.7 Å². The molecular weight excluding hydrogens is 201 g/mol. The van der Waals surface area contributed by atoms with Crippen LogP contribution in [-0.2, 0) is 11.4 Å². The highest BCUT2D eigenvalue weighted by Gasteiger charge is 2.19. The van der Waals surface area contributed by atoms with Crippen molar-refractivity contribution in [3.63, 3.8) is 0 Å². The largest absolute Gasteiger partial charge is 0.486 e. The summed E-state index contributed by atoms with van der Waals surface area (Å²) in [5.41, 5.74) is 3.49. The summed E-state index contributed by atoms with van der Waals surface area (Å²) in [5, 5.41) is 0. The van der Waals surface area contributed by atoms with Crippen LogP contribution < -0.4 is 15.0 Å². The van der Waals surface area contributed by atoms with Gasteiger partial charge in [-0.25, -0.2) is 4.39 Å². The number of hydrogen-bond acceptors (Lipinski definition) is 4. The predicted octanol–water partition coefficient (Wildman–Crippen LogP) is 1.25. The molecule has 5 heteroatoms. The molecule has 1 aliphatic heterocycles. The first-order valence-corrected chi connectivity index (χ1v) is 4.65. The monoisotopic (exact) mass is 213 g/mol. The van der Waals surface area contributed by atoms with Crippen LogP contribution in [0.15, 0.2) is 12.1 Å². The van der Waals surface area contributed by atoms with Gasteiger partial charge in [0.2, 0.25) is 0 Å². The molecule has 1 N–H and O–H groups in total. The summed E-state index contributed by atoms with van der Waals surface area (Å²) in [7, 11) is 1.52. The summed E-state index contributed by atoms with van der Waals surface area (Å²) in [6.45, 7) is 1.27. The second-order valence-electron chi connectivity index (χ2n) is 3.09. The molecule has 1 aliphatic rings. The van der Waals surface area contributed by atoms with Crippen LogP contribution in [0.3, 0.4) is 0 Å². The van der Waals surface area contributed by atoms with Gasteiger partial charge in [0.15, 0.2) is 17.3 Å². The predicted molar refractivity (Wildman–Crippen MR) is 51.2 cm³/mol. The molecule has 0 saturated carbocycles. The molecule has 82 valence electrons. The lowest BCUT2D eigenvalue weighted by Gasteiger charge is -2.21. The van der Waals surface area contributed by atoms with E-state index < -0.39 is 5.82 Å². The normalized spacial score (nSPS) is 14.0. The van der Waals surface area contributed by atoms with Crippen molar-refractivity contribution in [1.82, 2.24) is 5.48 Å². The van der Waals surface area contributed by atoms with Gasteiger partial charge in [0.25, 0.3) is 0 Å². The highest BCUT2D eigenvalue weighted by molar-refractivity contribution is 5.48. The minimum absolute atomic E-state index is 0.191. The van der Waals surface area contributed by atoms with E-state index in [-0.39, 0.29) is 5.75 Å². The second-order valence-corrected chi connectivity index (χ2v) is 3.09.